The third-order valence-electron chi connectivity index (χ3n) is 6.37. The standard InChI is InChI=1S/C21H30N6O3S2/c1-26(17-7-3-2-4-8-17)32(29,30)19-13-11-16(12-14-19)22-20(28)15-31-21-23-24-25-27(21)18-9-5-6-10-18/h11-14,17-18H,2-10,15H2,1H3,(H,22,28). The number of sulfonamides is 1. The Morgan fingerprint density at radius 1 is 1.09 bits per heavy atom. The molecule has 0 spiro atoms. The van der Waals surface area contributed by atoms with Crippen molar-refractivity contribution in [2.75, 3.05) is 18.1 Å². The molecule has 174 valence electrons. The first-order valence-corrected chi connectivity index (χ1v) is 13.7. The summed E-state index contributed by atoms with van der Waals surface area (Å²) < 4.78 is 29.2. The molecule has 0 bridgehead atoms. The van der Waals surface area contributed by atoms with Gasteiger partial charge in [0.1, 0.15) is 0 Å². The van der Waals surface area contributed by atoms with Gasteiger partial charge in [-0.3, -0.25) is 4.79 Å². The van der Waals surface area contributed by atoms with Crippen molar-refractivity contribution in [3.05, 3.63) is 24.3 Å². The van der Waals surface area contributed by atoms with Crippen molar-refractivity contribution < 1.29 is 13.2 Å². The Balaban J connectivity index is 1.32. The summed E-state index contributed by atoms with van der Waals surface area (Å²) in [6.07, 6.45) is 9.62. The molecule has 9 nitrogen and oxygen atoms in total. The normalized spacial score (nSPS) is 18.3. The molecule has 0 radical (unpaired) electrons. The van der Waals surface area contributed by atoms with E-state index in [1.54, 1.807) is 31.3 Å². The van der Waals surface area contributed by atoms with E-state index in [0.29, 0.717) is 16.9 Å². The molecule has 0 saturated heterocycles. The van der Waals surface area contributed by atoms with E-state index in [2.05, 4.69) is 20.8 Å². The summed E-state index contributed by atoms with van der Waals surface area (Å²) in [6.45, 7) is 0. The van der Waals surface area contributed by atoms with Crippen molar-refractivity contribution in [2.24, 2.45) is 0 Å². The van der Waals surface area contributed by atoms with Crippen molar-refractivity contribution in [3.63, 3.8) is 0 Å². The molecule has 2 fully saturated rings. The number of aromatic nitrogens is 4. The zero-order chi connectivity index (χ0) is 22.6. The second-order valence-corrected chi connectivity index (χ2v) is 11.5. The molecule has 1 amide bonds. The maximum atomic E-state index is 13.0. The number of nitrogens with zero attached hydrogens (tertiary/aromatic N) is 5. The smallest absolute Gasteiger partial charge is 0.243 e. The van der Waals surface area contributed by atoms with E-state index >= 15 is 0 Å². The van der Waals surface area contributed by atoms with E-state index < -0.39 is 10.0 Å². The second-order valence-electron chi connectivity index (χ2n) is 8.52. The lowest BCUT2D eigenvalue weighted by molar-refractivity contribution is -0.113. The molecular weight excluding hydrogens is 448 g/mol. The predicted octanol–water partition coefficient (Wildman–Crippen LogP) is 3.47. The minimum absolute atomic E-state index is 0.0610. The minimum Gasteiger partial charge on any atom is -0.325 e. The van der Waals surface area contributed by atoms with Crippen LogP contribution in [0.15, 0.2) is 34.3 Å². The van der Waals surface area contributed by atoms with Gasteiger partial charge in [0.05, 0.1) is 16.7 Å². The molecule has 2 aromatic rings. The van der Waals surface area contributed by atoms with Crippen LogP contribution >= 0.6 is 11.8 Å². The van der Waals surface area contributed by atoms with Gasteiger partial charge in [0.15, 0.2) is 0 Å². The summed E-state index contributed by atoms with van der Waals surface area (Å²) in [7, 11) is -1.88. The van der Waals surface area contributed by atoms with Gasteiger partial charge in [-0.25, -0.2) is 13.1 Å². The molecule has 1 aromatic carbocycles. The van der Waals surface area contributed by atoms with Crippen LogP contribution in [-0.4, -0.2) is 57.7 Å². The van der Waals surface area contributed by atoms with Gasteiger partial charge in [-0.05, 0) is 60.4 Å². The fourth-order valence-corrected chi connectivity index (χ4v) is 6.66. The first kappa shape index (κ1) is 23.2. The van der Waals surface area contributed by atoms with Gasteiger partial charge in [-0.15, -0.1) is 5.10 Å². The van der Waals surface area contributed by atoms with E-state index in [1.165, 1.54) is 35.3 Å². The minimum atomic E-state index is -3.55. The molecule has 1 heterocycles. The molecule has 32 heavy (non-hydrogen) atoms. The number of tetrazole rings is 1. The molecule has 0 atom stereocenters. The van der Waals surface area contributed by atoms with Crippen LogP contribution in [0, 0.1) is 0 Å². The molecule has 4 rings (SSSR count). The van der Waals surface area contributed by atoms with Gasteiger partial charge in [0, 0.05) is 18.8 Å². The van der Waals surface area contributed by atoms with Crippen molar-refractivity contribution in [1.82, 2.24) is 24.5 Å². The van der Waals surface area contributed by atoms with Crippen molar-refractivity contribution in [2.45, 2.75) is 79.9 Å². The fraction of sp³-hybridized carbons (Fsp3) is 0.619. The lowest BCUT2D eigenvalue weighted by atomic mass is 9.96. The van der Waals surface area contributed by atoms with Crippen LogP contribution in [0.5, 0.6) is 0 Å². The van der Waals surface area contributed by atoms with Crippen LogP contribution in [0.1, 0.15) is 63.8 Å². The number of carbonyl (C=O) groups excluding carboxylic acids is 1. The Morgan fingerprint density at radius 3 is 2.44 bits per heavy atom. The Labute approximate surface area is 193 Å². The van der Waals surface area contributed by atoms with E-state index in [0.717, 1.165) is 38.5 Å². The first-order chi connectivity index (χ1) is 15.4. The van der Waals surface area contributed by atoms with Crippen molar-refractivity contribution >= 4 is 33.4 Å². The highest BCUT2D eigenvalue weighted by Crippen LogP contribution is 2.31. The predicted molar refractivity (Wildman–Crippen MR) is 123 cm³/mol. The van der Waals surface area contributed by atoms with E-state index in [4.69, 9.17) is 0 Å². The van der Waals surface area contributed by atoms with Crippen LogP contribution in [0.4, 0.5) is 5.69 Å². The number of hydrogen-bond donors (Lipinski definition) is 1. The molecule has 1 N–H and O–H groups in total. The quantitative estimate of drug-likeness (QED) is 0.578. The SMILES string of the molecule is CN(C1CCCCC1)S(=O)(=O)c1ccc(NC(=O)CSc2nnnn2C2CCCC2)cc1. The van der Waals surface area contributed by atoms with Crippen LogP contribution in [-0.2, 0) is 14.8 Å². The van der Waals surface area contributed by atoms with Crippen LogP contribution < -0.4 is 5.32 Å². The van der Waals surface area contributed by atoms with Gasteiger partial charge in [-0.2, -0.15) is 4.31 Å². The summed E-state index contributed by atoms with van der Waals surface area (Å²) in [4.78, 5) is 12.6. The summed E-state index contributed by atoms with van der Waals surface area (Å²) >= 11 is 1.31. The highest BCUT2D eigenvalue weighted by molar-refractivity contribution is 7.99. The molecule has 0 aliphatic heterocycles. The largest absolute Gasteiger partial charge is 0.325 e. The maximum Gasteiger partial charge on any atom is 0.243 e. The summed E-state index contributed by atoms with van der Waals surface area (Å²) in [5.41, 5.74) is 0.560. The zero-order valence-electron chi connectivity index (χ0n) is 18.3. The summed E-state index contributed by atoms with van der Waals surface area (Å²) in [5, 5.41) is 15.4. The van der Waals surface area contributed by atoms with E-state index in [-0.39, 0.29) is 22.6 Å². The third-order valence-corrected chi connectivity index (χ3v) is 9.23. The highest BCUT2D eigenvalue weighted by Gasteiger charge is 2.29. The first-order valence-electron chi connectivity index (χ1n) is 11.2. The Morgan fingerprint density at radius 2 is 1.75 bits per heavy atom. The van der Waals surface area contributed by atoms with Gasteiger partial charge < -0.3 is 5.32 Å². The van der Waals surface area contributed by atoms with Crippen LogP contribution in [0.25, 0.3) is 0 Å². The molecule has 2 aliphatic rings. The van der Waals surface area contributed by atoms with E-state index in [1.807, 2.05) is 4.68 Å². The average Bonchev–Trinajstić information content (AvgIpc) is 3.50. The Hall–Kier alpha value is -1.98. The van der Waals surface area contributed by atoms with Gasteiger partial charge in [0.25, 0.3) is 0 Å². The number of thioether (sulfide) groups is 1. The number of benzene rings is 1. The number of amides is 1. The van der Waals surface area contributed by atoms with Crippen LogP contribution in [0.2, 0.25) is 0 Å². The highest BCUT2D eigenvalue weighted by atomic mass is 32.2. The van der Waals surface area contributed by atoms with Crippen LogP contribution in [0.3, 0.4) is 0 Å². The number of anilines is 1. The van der Waals surface area contributed by atoms with Crippen molar-refractivity contribution in [3.8, 4) is 0 Å². The number of rotatable bonds is 8. The van der Waals surface area contributed by atoms with Crippen molar-refractivity contribution in [1.29, 1.82) is 0 Å². The van der Waals surface area contributed by atoms with E-state index in [9.17, 15) is 13.2 Å². The van der Waals surface area contributed by atoms with Gasteiger partial charge in [-0.1, -0.05) is 43.9 Å². The lowest BCUT2D eigenvalue weighted by Crippen LogP contribution is -2.38. The maximum absolute atomic E-state index is 13.0. The van der Waals surface area contributed by atoms with Gasteiger partial charge >= 0.3 is 0 Å². The second kappa shape index (κ2) is 10.3. The third kappa shape index (κ3) is 5.32. The lowest BCUT2D eigenvalue weighted by Gasteiger charge is -2.30. The number of hydrogen-bond acceptors (Lipinski definition) is 7. The molecule has 2 aliphatic carbocycles. The number of carbonyl (C=O) groups is 1. The Bertz CT molecular complexity index is 1010. The molecule has 1 aromatic heterocycles. The topological polar surface area (TPSA) is 110 Å². The fourth-order valence-electron chi connectivity index (χ4n) is 4.50. The summed E-state index contributed by atoms with van der Waals surface area (Å²) in [5.74, 6) is -0.0108. The zero-order valence-corrected chi connectivity index (χ0v) is 19.9. The summed E-state index contributed by atoms with van der Waals surface area (Å²) in [6, 6.07) is 6.75. The Kier molecular flexibility index (Phi) is 7.47. The average molecular weight is 479 g/mol. The monoisotopic (exact) mass is 478 g/mol. The number of nitrogens with one attached hydrogen (secondary N) is 1. The molecular formula is C21H30N6O3S2. The molecule has 2 saturated carbocycles. The van der Waals surface area contributed by atoms with Gasteiger partial charge in [0.2, 0.25) is 21.1 Å². The molecule has 11 heteroatoms. The molecule has 0 unspecified atom stereocenters.